The second-order valence-electron chi connectivity index (χ2n) is 4.34. The van der Waals surface area contributed by atoms with Crippen LogP contribution < -0.4 is 0 Å². The van der Waals surface area contributed by atoms with Crippen molar-refractivity contribution < 1.29 is 5.11 Å². The van der Waals surface area contributed by atoms with Crippen molar-refractivity contribution in [1.29, 1.82) is 5.26 Å². The summed E-state index contributed by atoms with van der Waals surface area (Å²) < 4.78 is 0. The summed E-state index contributed by atoms with van der Waals surface area (Å²) >= 11 is 0. The fourth-order valence-corrected chi connectivity index (χ4v) is 2.17. The predicted molar refractivity (Wildman–Crippen MR) is 61.7 cm³/mol. The van der Waals surface area contributed by atoms with E-state index in [4.69, 9.17) is 5.26 Å². The van der Waals surface area contributed by atoms with Crippen LogP contribution in [-0.4, -0.2) is 29.2 Å². The van der Waals surface area contributed by atoms with E-state index >= 15 is 0 Å². The third-order valence-electron chi connectivity index (χ3n) is 2.94. The van der Waals surface area contributed by atoms with Crippen LogP contribution in [0.1, 0.15) is 24.0 Å². The molecule has 2 rings (SSSR count). The Hall–Kier alpha value is -1.37. The van der Waals surface area contributed by atoms with E-state index in [9.17, 15) is 5.11 Å². The van der Waals surface area contributed by atoms with Crippen LogP contribution in [0.3, 0.4) is 0 Å². The van der Waals surface area contributed by atoms with E-state index in [1.807, 2.05) is 24.3 Å². The molecule has 0 amide bonds. The van der Waals surface area contributed by atoms with Crippen LogP contribution in [0.15, 0.2) is 24.3 Å². The molecule has 1 N–H and O–H groups in total. The smallest absolute Gasteiger partial charge is 0.0991 e. The molecule has 1 aromatic carbocycles. The summed E-state index contributed by atoms with van der Waals surface area (Å²) in [5, 5.41) is 18.4. The lowest BCUT2D eigenvalue weighted by atomic mass is 10.1. The van der Waals surface area contributed by atoms with Crippen LogP contribution in [0.2, 0.25) is 0 Å². The van der Waals surface area contributed by atoms with Gasteiger partial charge in [0.1, 0.15) is 0 Å². The summed E-state index contributed by atoms with van der Waals surface area (Å²) in [5.74, 6) is 0. The standard InChI is InChI=1S/C13H16N2O/c14-8-11-3-1-4-12(7-11)9-15-6-2-5-13(16)10-15/h1,3-4,7,13,16H,2,5-6,9-10H2/t13-/m0/s1. The molecule has 0 spiro atoms. The van der Waals surface area contributed by atoms with Crippen LogP contribution in [0.4, 0.5) is 0 Å². The van der Waals surface area contributed by atoms with Gasteiger partial charge in [0.25, 0.3) is 0 Å². The molecule has 1 heterocycles. The number of likely N-dealkylation sites (tertiary alicyclic amines) is 1. The minimum Gasteiger partial charge on any atom is -0.392 e. The van der Waals surface area contributed by atoms with Gasteiger partial charge in [-0.3, -0.25) is 4.90 Å². The van der Waals surface area contributed by atoms with Gasteiger partial charge in [0.15, 0.2) is 0 Å². The van der Waals surface area contributed by atoms with Gasteiger partial charge < -0.3 is 5.11 Å². The summed E-state index contributed by atoms with van der Waals surface area (Å²) in [5.41, 5.74) is 1.85. The fourth-order valence-electron chi connectivity index (χ4n) is 2.17. The number of aliphatic hydroxyl groups excluding tert-OH is 1. The SMILES string of the molecule is N#Cc1cccc(CN2CCC[C@H](O)C2)c1. The first-order chi connectivity index (χ1) is 7.78. The van der Waals surface area contributed by atoms with Crippen LogP contribution in [0.25, 0.3) is 0 Å². The number of benzene rings is 1. The molecule has 0 saturated carbocycles. The lowest BCUT2D eigenvalue weighted by Gasteiger charge is -2.29. The number of hydrogen-bond acceptors (Lipinski definition) is 3. The maximum absolute atomic E-state index is 9.56. The molecular formula is C13H16N2O. The number of β-amino-alcohol motifs (C(OH)–C–C–N with tert-alkyl or cyclic N) is 1. The summed E-state index contributed by atoms with van der Waals surface area (Å²) in [6.07, 6.45) is 1.78. The second kappa shape index (κ2) is 5.11. The topological polar surface area (TPSA) is 47.3 Å². The third kappa shape index (κ3) is 2.82. The molecule has 84 valence electrons. The quantitative estimate of drug-likeness (QED) is 0.815. The molecule has 0 bridgehead atoms. The molecule has 16 heavy (non-hydrogen) atoms. The first-order valence-electron chi connectivity index (χ1n) is 5.67. The maximum Gasteiger partial charge on any atom is 0.0991 e. The Labute approximate surface area is 95.9 Å². The van der Waals surface area contributed by atoms with Crippen molar-refractivity contribution >= 4 is 0 Å². The highest BCUT2D eigenvalue weighted by molar-refractivity contribution is 5.32. The van der Waals surface area contributed by atoms with Crippen molar-refractivity contribution in [2.24, 2.45) is 0 Å². The average molecular weight is 216 g/mol. The van der Waals surface area contributed by atoms with Crippen molar-refractivity contribution in [3.63, 3.8) is 0 Å². The predicted octanol–water partition coefficient (Wildman–Crippen LogP) is 1.51. The molecule has 3 nitrogen and oxygen atoms in total. The molecule has 1 atom stereocenters. The Morgan fingerprint density at radius 1 is 1.50 bits per heavy atom. The van der Waals surface area contributed by atoms with Crippen molar-refractivity contribution in [3.8, 4) is 6.07 Å². The first-order valence-corrected chi connectivity index (χ1v) is 5.67. The Kier molecular flexibility index (Phi) is 3.55. The van der Waals surface area contributed by atoms with E-state index in [0.717, 1.165) is 38.0 Å². The molecule has 3 heteroatoms. The average Bonchev–Trinajstić information content (AvgIpc) is 2.29. The number of aliphatic hydroxyl groups is 1. The van der Waals surface area contributed by atoms with Crippen LogP contribution >= 0.6 is 0 Å². The number of rotatable bonds is 2. The summed E-state index contributed by atoms with van der Waals surface area (Å²) in [6, 6.07) is 9.82. The van der Waals surface area contributed by atoms with Gasteiger partial charge in [-0.15, -0.1) is 0 Å². The van der Waals surface area contributed by atoms with Crippen molar-refractivity contribution in [1.82, 2.24) is 4.90 Å². The lowest BCUT2D eigenvalue weighted by molar-refractivity contribution is 0.0668. The number of nitrogens with zero attached hydrogens (tertiary/aromatic N) is 2. The Morgan fingerprint density at radius 2 is 2.38 bits per heavy atom. The van der Waals surface area contributed by atoms with Crippen LogP contribution in [0.5, 0.6) is 0 Å². The van der Waals surface area contributed by atoms with E-state index in [1.54, 1.807) is 0 Å². The molecule has 1 aliphatic heterocycles. The van der Waals surface area contributed by atoms with Gasteiger partial charge in [0, 0.05) is 13.1 Å². The normalized spacial score (nSPS) is 21.6. The Balaban J connectivity index is 2.00. The first kappa shape index (κ1) is 11.1. The van der Waals surface area contributed by atoms with Gasteiger partial charge in [-0.1, -0.05) is 12.1 Å². The van der Waals surface area contributed by atoms with Crippen molar-refractivity contribution in [2.45, 2.75) is 25.5 Å². The van der Waals surface area contributed by atoms with Crippen LogP contribution in [0, 0.1) is 11.3 Å². The highest BCUT2D eigenvalue weighted by Gasteiger charge is 2.17. The van der Waals surface area contributed by atoms with E-state index in [1.165, 1.54) is 0 Å². The molecule has 1 aliphatic rings. The van der Waals surface area contributed by atoms with E-state index in [0.29, 0.717) is 5.56 Å². The van der Waals surface area contributed by atoms with Crippen molar-refractivity contribution in [3.05, 3.63) is 35.4 Å². The number of nitriles is 1. The monoisotopic (exact) mass is 216 g/mol. The zero-order valence-electron chi connectivity index (χ0n) is 9.26. The molecular weight excluding hydrogens is 200 g/mol. The molecule has 0 aromatic heterocycles. The minimum absolute atomic E-state index is 0.187. The molecule has 1 fully saturated rings. The van der Waals surface area contributed by atoms with Crippen LogP contribution in [-0.2, 0) is 6.54 Å². The molecule has 1 aromatic rings. The molecule has 1 saturated heterocycles. The summed E-state index contributed by atoms with van der Waals surface area (Å²) in [7, 11) is 0. The molecule has 0 aliphatic carbocycles. The zero-order valence-corrected chi connectivity index (χ0v) is 9.26. The fraction of sp³-hybridized carbons (Fsp3) is 0.462. The van der Waals surface area contributed by atoms with Gasteiger partial charge in [-0.25, -0.2) is 0 Å². The lowest BCUT2D eigenvalue weighted by Crippen LogP contribution is -2.37. The van der Waals surface area contributed by atoms with Gasteiger partial charge in [0.2, 0.25) is 0 Å². The minimum atomic E-state index is -0.187. The number of piperidine rings is 1. The molecule has 0 radical (unpaired) electrons. The number of hydrogen-bond donors (Lipinski definition) is 1. The van der Waals surface area contributed by atoms with Gasteiger partial charge >= 0.3 is 0 Å². The van der Waals surface area contributed by atoms with Crippen molar-refractivity contribution in [2.75, 3.05) is 13.1 Å². The van der Waals surface area contributed by atoms with Gasteiger partial charge in [-0.05, 0) is 37.1 Å². The second-order valence-corrected chi connectivity index (χ2v) is 4.34. The van der Waals surface area contributed by atoms with Gasteiger partial charge in [0.05, 0.1) is 17.7 Å². The highest BCUT2D eigenvalue weighted by atomic mass is 16.3. The van der Waals surface area contributed by atoms with E-state index in [2.05, 4.69) is 11.0 Å². The Morgan fingerprint density at radius 3 is 3.12 bits per heavy atom. The summed E-state index contributed by atoms with van der Waals surface area (Å²) in [6.45, 7) is 2.61. The maximum atomic E-state index is 9.56. The largest absolute Gasteiger partial charge is 0.392 e. The Bertz CT molecular complexity index is 397. The third-order valence-corrected chi connectivity index (χ3v) is 2.94. The van der Waals surface area contributed by atoms with Gasteiger partial charge in [-0.2, -0.15) is 5.26 Å². The zero-order chi connectivity index (χ0) is 11.4. The molecule has 0 unspecified atom stereocenters. The highest BCUT2D eigenvalue weighted by Crippen LogP contribution is 2.14. The van der Waals surface area contributed by atoms with E-state index < -0.39 is 0 Å². The van der Waals surface area contributed by atoms with E-state index in [-0.39, 0.29) is 6.10 Å². The summed E-state index contributed by atoms with van der Waals surface area (Å²) in [4.78, 5) is 2.24.